The summed E-state index contributed by atoms with van der Waals surface area (Å²) in [6, 6.07) is 4.08. The molecule has 3 nitrogen and oxygen atoms in total. The van der Waals surface area contributed by atoms with E-state index in [9.17, 15) is 0 Å². The lowest BCUT2D eigenvalue weighted by molar-refractivity contribution is 0.415. The highest BCUT2D eigenvalue weighted by Gasteiger charge is 2.16. The molecule has 0 saturated carbocycles. The minimum absolute atomic E-state index is 0.632. The molecule has 0 amide bonds. The van der Waals surface area contributed by atoms with E-state index in [2.05, 4.69) is 40.8 Å². The number of methoxy groups -OCH3 is 1. The monoisotopic (exact) mass is 295 g/mol. The first-order valence-corrected chi connectivity index (χ1v) is 6.10. The van der Waals surface area contributed by atoms with E-state index in [0.29, 0.717) is 10.6 Å². The maximum atomic E-state index is 5.40. The third kappa shape index (κ3) is 2.22. The lowest BCUT2D eigenvalue weighted by atomic mass is 10.0. The summed E-state index contributed by atoms with van der Waals surface area (Å²) in [5.74, 6) is 1.44. The Hall–Kier alpha value is -1.29. The molecule has 0 radical (unpaired) electrons. The van der Waals surface area contributed by atoms with E-state index in [1.165, 1.54) is 11.1 Å². The van der Waals surface area contributed by atoms with Gasteiger partial charge in [-0.1, -0.05) is 0 Å². The highest BCUT2D eigenvalue weighted by Crippen LogP contribution is 2.36. The number of hydrogen-bond donors (Lipinski definition) is 0. The van der Waals surface area contributed by atoms with Crippen LogP contribution in [0, 0.1) is 20.8 Å². The van der Waals surface area contributed by atoms with Crippen molar-refractivity contribution in [3.8, 4) is 17.0 Å². The molecule has 0 aliphatic rings. The average molecular weight is 296 g/mol. The zero-order chi connectivity index (χ0) is 12.6. The molecule has 1 aromatic heterocycles. The van der Waals surface area contributed by atoms with Gasteiger partial charge in [0.25, 0.3) is 0 Å². The second-order valence-electron chi connectivity index (χ2n) is 3.99. The standard InChI is InChI=1S/C13H14BrNO2/c1-7-5-10(11(16-4)6-8(7)2)12-13(14)17-9(3)15-12/h5-6H,1-4H3. The highest BCUT2D eigenvalue weighted by molar-refractivity contribution is 9.10. The van der Waals surface area contributed by atoms with Gasteiger partial charge in [-0.15, -0.1) is 0 Å². The van der Waals surface area contributed by atoms with E-state index in [4.69, 9.17) is 9.15 Å². The molecule has 0 atom stereocenters. The molecule has 2 rings (SSSR count). The first-order valence-electron chi connectivity index (χ1n) is 5.31. The van der Waals surface area contributed by atoms with Crippen molar-refractivity contribution in [3.63, 3.8) is 0 Å². The van der Waals surface area contributed by atoms with E-state index >= 15 is 0 Å². The van der Waals surface area contributed by atoms with Crippen LogP contribution in [0.15, 0.2) is 21.2 Å². The van der Waals surface area contributed by atoms with Crippen LogP contribution in [0.5, 0.6) is 5.75 Å². The zero-order valence-electron chi connectivity index (χ0n) is 10.3. The summed E-state index contributed by atoms with van der Waals surface area (Å²) >= 11 is 3.38. The molecule has 17 heavy (non-hydrogen) atoms. The molecule has 0 aliphatic carbocycles. The Morgan fingerprint density at radius 3 is 2.35 bits per heavy atom. The van der Waals surface area contributed by atoms with Crippen LogP contribution in [0.3, 0.4) is 0 Å². The molecule has 1 aromatic carbocycles. The second kappa shape index (κ2) is 4.53. The van der Waals surface area contributed by atoms with Gasteiger partial charge >= 0.3 is 0 Å². The minimum Gasteiger partial charge on any atom is -0.496 e. The summed E-state index contributed by atoms with van der Waals surface area (Å²) in [5.41, 5.74) is 4.12. The summed E-state index contributed by atoms with van der Waals surface area (Å²) < 4.78 is 11.4. The molecule has 0 spiro atoms. The molecule has 0 N–H and O–H groups in total. The van der Waals surface area contributed by atoms with E-state index in [0.717, 1.165) is 17.0 Å². The Morgan fingerprint density at radius 2 is 1.82 bits per heavy atom. The van der Waals surface area contributed by atoms with Gasteiger partial charge in [0.05, 0.1) is 7.11 Å². The highest BCUT2D eigenvalue weighted by atomic mass is 79.9. The van der Waals surface area contributed by atoms with Gasteiger partial charge in [0.15, 0.2) is 10.6 Å². The molecule has 0 bridgehead atoms. The van der Waals surface area contributed by atoms with E-state index < -0.39 is 0 Å². The van der Waals surface area contributed by atoms with Crippen LogP contribution < -0.4 is 4.74 Å². The Morgan fingerprint density at radius 1 is 1.18 bits per heavy atom. The summed E-state index contributed by atoms with van der Waals surface area (Å²) in [7, 11) is 1.66. The fourth-order valence-corrected chi connectivity index (χ4v) is 2.25. The Labute approximate surface area is 109 Å². The predicted molar refractivity (Wildman–Crippen MR) is 70.4 cm³/mol. The number of rotatable bonds is 2. The molecule has 0 aliphatic heterocycles. The summed E-state index contributed by atoms with van der Waals surface area (Å²) in [6.45, 7) is 5.95. The number of nitrogens with zero attached hydrogens (tertiary/aromatic N) is 1. The molecule has 0 unspecified atom stereocenters. The van der Waals surface area contributed by atoms with Crippen LogP contribution in [0.2, 0.25) is 0 Å². The van der Waals surface area contributed by atoms with Gasteiger partial charge < -0.3 is 9.15 Å². The molecular formula is C13H14BrNO2. The Bertz CT molecular complexity index is 561. The van der Waals surface area contributed by atoms with Crippen molar-refractivity contribution in [1.29, 1.82) is 0 Å². The Kier molecular flexibility index (Phi) is 3.24. The van der Waals surface area contributed by atoms with Crippen molar-refractivity contribution in [2.45, 2.75) is 20.8 Å². The molecule has 1 heterocycles. The van der Waals surface area contributed by atoms with E-state index in [1.54, 1.807) is 7.11 Å². The van der Waals surface area contributed by atoms with Gasteiger partial charge in [0.2, 0.25) is 0 Å². The van der Waals surface area contributed by atoms with Gasteiger partial charge in [-0.05, 0) is 53.0 Å². The smallest absolute Gasteiger partial charge is 0.197 e. The van der Waals surface area contributed by atoms with Crippen molar-refractivity contribution in [2.75, 3.05) is 7.11 Å². The fraction of sp³-hybridized carbons (Fsp3) is 0.308. The van der Waals surface area contributed by atoms with Crippen LogP contribution in [0.1, 0.15) is 17.0 Å². The zero-order valence-corrected chi connectivity index (χ0v) is 11.9. The molecule has 90 valence electrons. The van der Waals surface area contributed by atoms with Crippen molar-refractivity contribution in [2.24, 2.45) is 0 Å². The third-order valence-electron chi connectivity index (χ3n) is 2.76. The molecule has 0 fully saturated rings. The number of oxazole rings is 1. The van der Waals surface area contributed by atoms with Gasteiger partial charge in [-0.25, -0.2) is 4.98 Å². The quantitative estimate of drug-likeness (QED) is 0.839. The van der Waals surface area contributed by atoms with Gasteiger partial charge in [0.1, 0.15) is 11.4 Å². The molecule has 4 heteroatoms. The Balaban J connectivity index is 2.66. The average Bonchev–Trinajstić information content (AvgIpc) is 2.61. The lowest BCUT2D eigenvalue weighted by Crippen LogP contribution is -1.92. The number of aryl methyl sites for hydroxylation is 3. The summed E-state index contributed by atoms with van der Waals surface area (Å²) in [4.78, 5) is 4.37. The van der Waals surface area contributed by atoms with Gasteiger partial charge in [0, 0.05) is 12.5 Å². The second-order valence-corrected chi connectivity index (χ2v) is 4.71. The van der Waals surface area contributed by atoms with Crippen LogP contribution >= 0.6 is 15.9 Å². The largest absolute Gasteiger partial charge is 0.496 e. The fourth-order valence-electron chi connectivity index (χ4n) is 1.71. The van der Waals surface area contributed by atoms with Crippen molar-refractivity contribution in [3.05, 3.63) is 33.8 Å². The molecule has 2 aromatic rings. The van der Waals surface area contributed by atoms with E-state index in [-0.39, 0.29) is 0 Å². The van der Waals surface area contributed by atoms with Crippen LogP contribution in [-0.4, -0.2) is 12.1 Å². The topological polar surface area (TPSA) is 35.3 Å². The molecule has 0 saturated heterocycles. The normalized spacial score (nSPS) is 10.6. The third-order valence-corrected chi connectivity index (χ3v) is 3.30. The number of ether oxygens (including phenoxy) is 1. The van der Waals surface area contributed by atoms with E-state index in [1.807, 2.05) is 13.0 Å². The lowest BCUT2D eigenvalue weighted by Gasteiger charge is -2.10. The van der Waals surface area contributed by atoms with Crippen molar-refractivity contribution >= 4 is 15.9 Å². The predicted octanol–water partition coefficient (Wildman–Crippen LogP) is 4.04. The molecular weight excluding hydrogens is 282 g/mol. The number of aromatic nitrogens is 1. The van der Waals surface area contributed by atoms with Gasteiger partial charge in [-0.3, -0.25) is 0 Å². The number of benzene rings is 1. The van der Waals surface area contributed by atoms with Crippen molar-refractivity contribution in [1.82, 2.24) is 4.98 Å². The van der Waals surface area contributed by atoms with Crippen LogP contribution in [0.4, 0.5) is 0 Å². The SMILES string of the molecule is COc1cc(C)c(C)cc1-c1nc(C)oc1Br. The number of halogens is 1. The summed E-state index contributed by atoms with van der Waals surface area (Å²) in [5, 5.41) is 0. The van der Waals surface area contributed by atoms with Crippen molar-refractivity contribution < 1.29 is 9.15 Å². The maximum Gasteiger partial charge on any atom is 0.197 e. The minimum atomic E-state index is 0.632. The van der Waals surface area contributed by atoms with Gasteiger partial charge in [-0.2, -0.15) is 0 Å². The first kappa shape index (κ1) is 12.2. The summed E-state index contributed by atoms with van der Waals surface area (Å²) in [6.07, 6.45) is 0. The maximum absolute atomic E-state index is 5.40. The van der Waals surface area contributed by atoms with Crippen LogP contribution in [0.25, 0.3) is 11.3 Å². The number of hydrogen-bond acceptors (Lipinski definition) is 3. The van der Waals surface area contributed by atoms with Crippen LogP contribution in [-0.2, 0) is 0 Å². The first-order chi connectivity index (χ1) is 8.02.